The van der Waals surface area contributed by atoms with Gasteiger partial charge in [-0.15, -0.1) is 0 Å². The minimum absolute atomic E-state index is 0.0327. The van der Waals surface area contributed by atoms with Crippen molar-refractivity contribution in [3.63, 3.8) is 0 Å². The molecule has 3 atom stereocenters. The molecule has 0 aromatic heterocycles. The highest BCUT2D eigenvalue weighted by atomic mass is 16.7. The zero-order valence-electron chi connectivity index (χ0n) is 26.6. The van der Waals surface area contributed by atoms with Gasteiger partial charge in [0, 0.05) is 58.2 Å². The molecule has 4 amide bonds. The van der Waals surface area contributed by atoms with Crippen LogP contribution in [0, 0.1) is 5.92 Å². The molecule has 3 heterocycles. The molecule has 13 heteroatoms. The second-order valence-corrected chi connectivity index (χ2v) is 12.1. The van der Waals surface area contributed by atoms with Gasteiger partial charge in [0.2, 0.25) is 24.4 Å². The third kappa shape index (κ3) is 7.55. The van der Waals surface area contributed by atoms with Crippen molar-refractivity contribution in [1.82, 2.24) is 24.5 Å². The molecule has 4 rings (SSSR count). The number of ether oxygens (including phenoxy) is 3. The minimum atomic E-state index is -0.974. The van der Waals surface area contributed by atoms with E-state index in [1.807, 2.05) is 23.9 Å². The first-order chi connectivity index (χ1) is 21.0. The quantitative estimate of drug-likeness (QED) is 0.312. The Morgan fingerprint density at radius 1 is 1.11 bits per heavy atom. The summed E-state index contributed by atoms with van der Waals surface area (Å²) in [5.41, 5.74) is 0.728. The fourth-order valence-electron chi connectivity index (χ4n) is 6.42. The van der Waals surface area contributed by atoms with E-state index in [1.54, 1.807) is 17.0 Å². The predicted octanol–water partition coefficient (Wildman–Crippen LogP) is 2.15. The number of aliphatic carboxylic acids is 1. The molecule has 2 fully saturated rings. The second kappa shape index (κ2) is 14.9. The fourth-order valence-corrected chi connectivity index (χ4v) is 6.42. The maximum absolute atomic E-state index is 13.8. The third-order valence-corrected chi connectivity index (χ3v) is 8.87. The van der Waals surface area contributed by atoms with Gasteiger partial charge in [0.25, 0.3) is 0 Å². The number of carboxylic acid groups (broad SMARTS) is 1. The highest BCUT2D eigenvalue weighted by Gasteiger charge is 2.48. The number of hydrogen-bond acceptors (Lipinski definition) is 9. The van der Waals surface area contributed by atoms with Crippen LogP contribution < -0.4 is 14.2 Å². The number of likely N-dealkylation sites (tertiary alicyclic amines) is 1. The highest BCUT2D eigenvalue weighted by molar-refractivity contribution is 5.96. The minimum Gasteiger partial charge on any atom is -0.493 e. The lowest BCUT2D eigenvalue weighted by Gasteiger charge is -2.34. The van der Waals surface area contributed by atoms with Crippen LogP contribution in [0.25, 0.3) is 0 Å². The molecule has 0 bridgehead atoms. The van der Waals surface area contributed by atoms with Crippen LogP contribution >= 0.6 is 0 Å². The van der Waals surface area contributed by atoms with Gasteiger partial charge < -0.3 is 34.0 Å². The average Bonchev–Trinajstić information content (AvgIpc) is 3.61. The van der Waals surface area contributed by atoms with E-state index in [0.717, 1.165) is 36.3 Å². The first kappa shape index (κ1) is 33.3. The van der Waals surface area contributed by atoms with Gasteiger partial charge in [0.1, 0.15) is 0 Å². The summed E-state index contributed by atoms with van der Waals surface area (Å²) in [5.74, 6) is -1.13. The highest BCUT2D eigenvalue weighted by Crippen LogP contribution is 2.47. The van der Waals surface area contributed by atoms with Crippen LogP contribution in [-0.2, 0) is 14.4 Å². The summed E-state index contributed by atoms with van der Waals surface area (Å²) in [5, 5.41) is 10.6. The molecule has 0 radical (unpaired) electrons. The normalized spacial score (nSPS) is 21.8. The predicted molar refractivity (Wildman–Crippen MR) is 162 cm³/mol. The van der Waals surface area contributed by atoms with Crippen LogP contribution in [0.1, 0.15) is 50.5 Å². The van der Waals surface area contributed by atoms with Gasteiger partial charge in [-0.3, -0.25) is 24.2 Å². The van der Waals surface area contributed by atoms with Crippen molar-refractivity contribution in [2.24, 2.45) is 5.92 Å². The first-order valence-electron chi connectivity index (χ1n) is 15.5. The van der Waals surface area contributed by atoms with E-state index in [4.69, 9.17) is 14.2 Å². The van der Waals surface area contributed by atoms with Crippen molar-refractivity contribution in [1.29, 1.82) is 0 Å². The zero-order valence-corrected chi connectivity index (χ0v) is 26.6. The Labute approximate surface area is 259 Å². The van der Waals surface area contributed by atoms with Crippen molar-refractivity contribution < 1.29 is 38.5 Å². The van der Waals surface area contributed by atoms with Crippen molar-refractivity contribution in [2.45, 2.75) is 51.0 Å². The Morgan fingerprint density at radius 3 is 2.55 bits per heavy atom. The maximum Gasteiger partial charge on any atom is 0.326 e. The Balaban J connectivity index is 1.61. The number of imide groups is 1. The molecule has 244 valence electrons. The summed E-state index contributed by atoms with van der Waals surface area (Å²) in [6.45, 7) is 5.24. The van der Waals surface area contributed by atoms with E-state index >= 15 is 0 Å². The topological polar surface area (TPSA) is 132 Å². The van der Waals surface area contributed by atoms with Crippen molar-refractivity contribution in [3.8, 4) is 17.2 Å². The molecule has 0 saturated carbocycles. The van der Waals surface area contributed by atoms with Gasteiger partial charge in [-0.2, -0.15) is 0 Å². The number of amides is 4. The summed E-state index contributed by atoms with van der Waals surface area (Å²) in [6, 6.07) is 2.68. The molecule has 2 saturated heterocycles. The summed E-state index contributed by atoms with van der Waals surface area (Å²) in [6.07, 6.45) is 3.24. The number of benzene rings is 1. The van der Waals surface area contributed by atoms with Crippen LogP contribution in [0.15, 0.2) is 12.1 Å². The molecular weight excluding hydrogens is 570 g/mol. The first-order valence-corrected chi connectivity index (χ1v) is 15.5. The van der Waals surface area contributed by atoms with Crippen LogP contribution in [0.3, 0.4) is 0 Å². The average molecular weight is 618 g/mol. The molecule has 3 aliphatic rings. The van der Waals surface area contributed by atoms with E-state index in [-0.39, 0.29) is 44.7 Å². The van der Waals surface area contributed by atoms with E-state index in [0.29, 0.717) is 43.3 Å². The standard InChI is InChI=1S/C31H47N5O8/c1-6-7-12-34(13-8-11-32(2)3)27(38)19-36-18-22(21-16-24(42-5)29-25(17-21)43-20-44-29)28(30(39)40)23(36)9-14-35-15-10-26(37)33(4)31(35)41/h16-17,22-23,28H,6-15,18-20H2,1-5H3,(H,39,40)/t22-,23+,28?/m1/s1. The Kier molecular flexibility index (Phi) is 11.3. The number of urea groups is 1. The van der Waals surface area contributed by atoms with Gasteiger partial charge in [0.15, 0.2) is 11.5 Å². The Morgan fingerprint density at radius 2 is 1.86 bits per heavy atom. The van der Waals surface area contributed by atoms with Gasteiger partial charge in [-0.25, -0.2) is 4.79 Å². The summed E-state index contributed by atoms with van der Waals surface area (Å²) >= 11 is 0. The number of carboxylic acids is 1. The van der Waals surface area contributed by atoms with Crippen molar-refractivity contribution in [2.75, 3.05) is 80.9 Å². The van der Waals surface area contributed by atoms with Gasteiger partial charge in [0.05, 0.1) is 19.6 Å². The van der Waals surface area contributed by atoms with E-state index in [9.17, 15) is 24.3 Å². The lowest BCUT2D eigenvalue weighted by atomic mass is 9.84. The van der Waals surface area contributed by atoms with Crippen LogP contribution in [0.4, 0.5) is 4.79 Å². The van der Waals surface area contributed by atoms with E-state index in [1.165, 1.54) is 14.2 Å². The fraction of sp³-hybridized carbons (Fsp3) is 0.677. The third-order valence-electron chi connectivity index (χ3n) is 8.87. The molecule has 13 nitrogen and oxygen atoms in total. The monoisotopic (exact) mass is 617 g/mol. The number of methoxy groups -OCH3 is 1. The number of carbonyl (C=O) groups excluding carboxylic acids is 3. The van der Waals surface area contributed by atoms with Gasteiger partial charge in [-0.1, -0.05) is 13.3 Å². The van der Waals surface area contributed by atoms with Crippen molar-refractivity contribution in [3.05, 3.63) is 17.7 Å². The molecule has 0 spiro atoms. The smallest absolute Gasteiger partial charge is 0.326 e. The van der Waals surface area contributed by atoms with E-state index in [2.05, 4.69) is 11.8 Å². The van der Waals surface area contributed by atoms with Crippen LogP contribution in [0.2, 0.25) is 0 Å². The molecule has 1 N–H and O–H groups in total. The molecule has 44 heavy (non-hydrogen) atoms. The largest absolute Gasteiger partial charge is 0.493 e. The Hall–Kier alpha value is -3.58. The SMILES string of the molecule is CCCCN(CCCN(C)C)C(=O)CN1C[C@H](c2cc(OC)c3c(c2)OCO3)C(C(=O)O)[C@@H]1CCN1CCC(=O)N(C)C1=O. The summed E-state index contributed by atoms with van der Waals surface area (Å²) < 4.78 is 16.7. The number of unbranched alkanes of at least 4 members (excludes halogenated alkanes) is 1. The number of nitrogens with zero attached hydrogens (tertiary/aromatic N) is 5. The maximum atomic E-state index is 13.8. The number of hydrogen-bond donors (Lipinski definition) is 1. The number of rotatable bonds is 15. The molecule has 1 aromatic carbocycles. The molecule has 3 aliphatic heterocycles. The van der Waals surface area contributed by atoms with Gasteiger partial charge >= 0.3 is 12.0 Å². The van der Waals surface area contributed by atoms with E-state index < -0.39 is 29.9 Å². The molecule has 1 aromatic rings. The summed E-state index contributed by atoms with van der Waals surface area (Å²) in [7, 11) is 6.99. The molecule has 1 unspecified atom stereocenters. The summed E-state index contributed by atoms with van der Waals surface area (Å²) in [4.78, 5) is 60.2. The lowest BCUT2D eigenvalue weighted by Crippen LogP contribution is -2.52. The lowest BCUT2D eigenvalue weighted by molar-refractivity contribution is -0.144. The van der Waals surface area contributed by atoms with Crippen LogP contribution in [0.5, 0.6) is 17.2 Å². The number of fused-ring (bicyclic) bond motifs is 1. The molecule has 0 aliphatic carbocycles. The molecular formula is C31H47N5O8. The zero-order chi connectivity index (χ0) is 32.0. The van der Waals surface area contributed by atoms with Gasteiger partial charge in [-0.05, 0) is 57.6 Å². The second-order valence-electron chi connectivity index (χ2n) is 12.1. The van der Waals surface area contributed by atoms with Crippen molar-refractivity contribution >= 4 is 23.8 Å². The number of carbonyl (C=O) groups is 4. The Bertz CT molecular complexity index is 1210. The van der Waals surface area contributed by atoms with Crippen LogP contribution in [-0.4, -0.2) is 140 Å².